The van der Waals surface area contributed by atoms with Crippen molar-refractivity contribution in [2.24, 2.45) is 5.14 Å². The first-order chi connectivity index (χ1) is 13.3. The molecule has 1 aliphatic rings. The van der Waals surface area contributed by atoms with Gasteiger partial charge < -0.3 is 10.1 Å². The van der Waals surface area contributed by atoms with Crippen molar-refractivity contribution in [3.8, 4) is 0 Å². The van der Waals surface area contributed by atoms with Crippen LogP contribution in [0.25, 0.3) is 0 Å². The summed E-state index contributed by atoms with van der Waals surface area (Å²) in [5.41, 5.74) is 1.17. The summed E-state index contributed by atoms with van der Waals surface area (Å²) in [5.74, 6) is -0.745. The first-order valence-electron chi connectivity index (χ1n) is 8.92. The van der Waals surface area contributed by atoms with Crippen LogP contribution in [0.4, 0.5) is 0 Å². The van der Waals surface area contributed by atoms with Crippen LogP contribution in [-0.4, -0.2) is 33.4 Å². The van der Waals surface area contributed by atoms with Gasteiger partial charge in [-0.15, -0.1) is 0 Å². The molecule has 28 heavy (non-hydrogen) atoms. The maximum Gasteiger partial charge on any atom is 0.317 e. The summed E-state index contributed by atoms with van der Waals surface area (Å²) < 4.78 is 27.6. The molecule has 0 aromatic heterocycles. The van der Waals surface area contributed by atoms with Gasteiger partial charge in [-0.05, 0) is 42.5 Å². The van der Waals surface area contributed by atoms with E-state index < -0.39 is 15.4 Å². The van der Waals surface area contributed by atoms with Crippen LogP contribution in [0.2, 0.25) is 0 Å². The molecular weight excluding hydrogens is 380 g/mol. The minimum Gasteiger partial charge on any atom is -0.455 e. The number of hydrogen-bond donors (Lipinski definition) is 2. The number of sulfonamides is 1. The Morgan fingerprint density at radius 2 is 1.68 bits per heavy atom. The molecule has 1 amide bonds. The molecule has 8 heteroatoms. The molecular formula is C20H22N2O5S. The highest BCUT2D eigenvalue weighted by Crippen LogP contribution is 2.49. The number of carbonyl (C=O) groups excluding carboxylic acids is 2. The van der Waals surface area contributed by atoms with Gasteiger partial charge in [0, 0.05) is 6.54 Å². The van der Waals surface area contributed by atoms with E-state index in [1.807, 2.05) is 30.3 Å². The third kappa shape index (κ3) is 4.76. The third-order valence-electron chi connectivity index (χ3n) is 4.79. The van der Waals surface area contributed by atoms with Crippen LogP contribution in [0.15, 0.2) is 59.5 Å². The molecule has 0 atom stereocenters. The van der Waals surface area contributed by atoms with Crippen LogP contribution >= 0.6 is 0 Å². The van der Waals surface area contributed by atoms with Crippen molar-refractivity contribution in [1.29, 1.82) is 0 Å². The average molecular weight is 402 g/mol. The molecule has 0 saturated heterocycles. The van der Waals surface area contributed by atoms with Crippen LogP contribution < -0.4 is 10.5 Å². The van der Waals surface area contributed by atoms with Crippen molar-refractivity contribution in [3.63, 3.8) is 0 Å². The van der Waals surface area contributed by atoms with E-state index in [0.29, 0.717) is 13.0 Å². The zero-order valence-electron chi connectivity index (χ0n) is 15.3. The van der Waals surface area contributed by atoms with Gasteiger partial charge in [-0.25, -0.2) is 13.6 Å². The predicted octanol–water partition coefficient (Wildman–Crippen LogP) is 1.27. The summed E-state index contributed by atoms with van der Waals surface area (Å²) in [6, 6.07) is 15.6. The molecule has 0 bridgehead atoms. The number of esters is 1. The van der Waals surface area contributed by atoms with Crippen molar-refractivity contribution in [3.05, 3.63) is 65.7 Å². The molecule has 0 heterocycles. The highest BCUT2D eigenvalue weighted by molar-refractivity contribution is 7.89. The number of nitrogens with two attached hydrogens (primary N) is 1. The predicted molar refractivity (Wildman–Crippen MR) is 103 cm³/mol. The molecule has 3 rings (SSSR count). The van der Waals surface area contributed by atoms with Gasteiger partial charge in [0.15, 0.2) is 6.61 Å². The van der Waals surface area contributed by atoms with Crippen LogP contribution in [-0.2, 0) is 36.2 Å². The average Bonchev–Trinajstić information content (AvgIpc) is 3.49. The number of benzene rings is 2. The quantitative estimate of drug-likeness (QED) is 0.645. The van der Waals surface area contributed by atoms with Crippen molar-refractivity contribution in [2.75, 3.05) is 13.2 Å². The van der Waals surface area contributed by atoms with E-state index in [2.05, 4.69) is 5.32 Å². The summed E-state index contributed by atoms with van der Waals surface area (Å²) in [6.07, 6.45) is 1.97. The lowest BCUT2D eigenvalue weighted by Gasteiger charge is -2.14. The number of hydrogen-bond acceptors (Lipinski definition) is 5. The molecule has 0 spiro atoms. The summed E-state index contributed by atoms with van der Waals surface area (Å²) in [5, 5.41) is 7.73. The monoisotopic (exact) mass is 402 g/mol. The summed E-state index contributed by atoms with van der Waals surface area (Å²) in [4.78, 5) is 24.3. The molecule has 148 valence electrons. The Kier molecular flexibility index (Phi) is 5.81. The van der Waals surface area contributed by atoms with E-state index in [9.17, 15) is 18.0 Å². The SMILES string of the molecule is NS(=O)(=O)c1ccc(CCNC(=O)COC(=O)C2(c3ccccc3)CC2)cc1. The van der Waals surface area contributed by atoms with Gasteiger partial charge in [-0.2, -0.15) is 0 Å². The zero-order chi connectivity index (χ0) is 20.2. The second-order valence-electron chi connectivity index (χ2n) is 6.81. The van der Waals surface area contributed by atoms with Gasteiger partial charge in [-0.1, -0.05) is 42.5 Å². The van der Waals surface area contributed by atoms with Crippen LogP contribution in [0.3, 0.4) is 0 Å². The topological polar surface area (TPSA) is 116 Å². The van der Waals surface area contributed by atoms with E-state index in [0.717, 1.165) is 24.0 Å². The van der Waals surface area contributed by atoms with Gasteiger partial charge in [0.25, 0.3) is 5.91 Å². The van der Waals surface area contributed by atoms with Gasteiger partial charge in [0.2, 0.25) is 10.0 Å². The van der Waals surface area contributed by atoms with Crippen LogP contribution in [0, 0.1) is 0 Å². The Morgan fingerprint density at radius 1 is 1.04 bits per heavy atom. The third-order valence-corrected chi connectivity index (χ3v) is 5.72. The minimum absolute atomic E-state index is 0.0413. The molecule has 7 nitrogen and oxygen atoms in total. The zero-order valence-corrected chi connectivity index (χ0v) is 16.1. The van der Waals surface area contributed by atoms with Gasteiger partial charge in [0.05, 0.1) is 10.3 Å². The largest absolute Gasteiger partial charge is 0.455 e. The van der Waals surface area contributed by atoms with Crippen molar-refractivity contribution >= 4 is 21.9 Å². The van der Waals surface area contributed by atoms with E-state index in [-0.39, 0.29) is 23.4 Å². The lowest BCUT2D eigenvalue weighted by atomic mass is 9.96. The Morgan fingerprint density at radius 3 is 2.25 bits per heavy atom. The lowest BCUT2D eigenvalue weighted by Crippen LogP contribution is -2.33. The van der Waals surface area contributed by atoms with Crippen LogP contribution in [0.1, 0.15) is 24.0 Å². The highest BCUT2D eigenvalue weighted by atomic mass is 32.2. The first-order valence-corrected chi connectivity index (χ1v) is 10.5. The van der Waals surface area contributed by atoms with Crippen molar-refractivity contribution in [2.45, 2.75) is 29.6 Å². The van der Waals surface area contributed by atoms with E-state index in [1.165, 1.54) is 12.1 Å². The Bertz CT molecular complexity index is 952. The number of carbonyl (C=O) groups is 2. The van der Waals surface area contributed by atoms with Crippen LogP contribution in [0.5, 0.6) is 0 Å². The molecule has 2 aromatic carbocycles. The summed E-state index contributed by atoms with van der Waals surface area (Å²) >= 11 is 0. The minimum atomic E-state index is -3.71. The number of ether oxygens (including phenoxy) is 1. The number of primary sulfonamides is 1. The second-order valence-corrected chi connectivity index (χ2v) is 8.37. The smallest absolute Gasteiger partial charge is 0.317 e. The molecule has 0 aliphatic heterocycles. The summed E-state index contributed by atoms with van der Waals surface area (Å²) in [6.45, 7) is 0.0205. The molecule has 1 fully saturated rings. The van der Waals surface area contributed by atoms with Crippen molar-refractivity contribution < 1.29 is 22.7 Å². The highest BCUT2D eigenvalue weighted by Gasteiger charge is 2.52. The van der Waals surface area contributed by atoms with E-state index >= 15 is 0 Å². The number of rotatable bonds is 8. The molecule has 1 saturated carbocycles. The second kappa shape index (κ2) is 8.12. The van der Waals surface area contributed by atoms with Gasteiger partial charge >= 0.3 is 5.97 Å². The maximum atomic E-state index is 12.4. The Hall–Kier alpha value is -2.71. The molecule has 1 aliphatic carbocycles. The molecule has 3 N–H and O–H groups in total. The van der Waals surface area contributed by atoms with Crippen molar-refractivity contribution in [1.82, 2.24) is 5.32 Å². The van der Waals surface area contributed by atoms with E-state index in [1.54, 1.807) is 12.1 Å². The van der Waals surface area contributed by atoms with E-state index in [4.69, 9.17) is 9.88 Å². The first kappa shape index (κ1) is 20.0. The standard InChI is InChI=1S/C20H22N2O5S/c21-28(25,26)17-8-6-15(7-9-17)10-13-22-18(23)14-27-19(24)20(11-12-20)16-4-2-1-3-5-16/h1-9H,10-14H2,(H,22,23)(H2,21,25,26). The van der Waals surface area contributed by atoms with Gasteiger partial charge in [-0.3, -0.25) is 9.59 Å². The maximum absolute atomic E-state index is 12.4. The Balaban J connectivity index is 1.42. The molecule has 2 aromatic rings. The summed E-state index contributed by atoms with van der Waals surface area (Å²) in [7, 11) is -3.71. The molecule has 0 radical (unpaired) electrons. The fourth-order valence-electron chi connectivity index (χ4n) is 3.01. The normalized spacial score (nSPS) is 14.9. The number of nitrogens with one attached hydrogen (secondary N) is 1. The fraction of sp³-hybridized carbons (Fsp3) is 0.300. The van der Waals surface area contributed by atoms with Gasteiger partial charge in [0.1, 0.15) is 0 Å². The lowest BCUT2D eigenvalue weighted by molar-refractivity contribution is -0.151. The Labute approximate surface area is 163 Å². The number of amides is 1. The fourth-order valence-corrected chi connectivity index (χ4v) is 3.52. The molecule has 0 unspecified atom stereocenters.